The van der Waals surface area contributed by atoms with Crippen molar-refractivity contribution in [2.75, 3.05) is 13.2 Å². The first kappa shape index (κ1) is 13.4. The molecule has 0 aliphatic carbocycles. The molecule has 0 aromatic carbocycles. The van der Waals surface area contributed by atoms with Gasteiger partial charge in [0.2, 0.25) is 0 Å². The third-order valence-corrected chi connectivity index (χ3v) is 1.80. The van der Waals surface area contributed by atoms with Crippen molar-refractivity contribution >= 4 is 0 Å². The Morgan fingerprint density at radius 2 is 1.93 bits per heavy atom. The second-order valence-corrected chi connectivity index (χ2v) is 2.80. The highest BCUT2D eigenvalue weighted by Crippen LogP contribution is 2.07. The summed E-state index contributed by atoms with van der Waals surface area (Å²) in [5.41, 5.74) is 2.66. The van der Waals surface area contributed by atoms with Crippen molar-refractivity contribution in [3.05, 3.63) is 0 Å². The number of nitrogens with two attached hydrogens (primary N) is 1. The summed E-state index contributed by atoms with van der Waals surface area (Å²) in [7, 11) is 0. The van der Waals surface area contributed by atoms with Gasteiger partial charge in [-0.2, -0.15) is 0 Å². The van der Waals surface area contributed by atoms with Crippen LogP contribution in [-0.4, -0.2) is 25.5 Å². The van der Waals surface area contributed by atoms with Gasteiger partial charge in [0, 0.05) is 19.6 Å². The van der Waals surface area contributed by atoms with Gasteiger partial charge in [0.25, 0.3) is 0 Å². The molecule has 82 valence electrons. The molecule has 0 aliphatic rings. The number of hydrogen-bond acceptors (Lipinski definition) is 4. The van der Waals surface area contributed by atoms with Crippen LogP contribution >= 0.6 is 0 Å². The molecule has 0 radical (unpaired) electrons. The highest BCUT2D eigenvalue weighted by atomic mass is 16.7. The van der Waals surface area contributed by atoms with Crippen LogP contribution in [0.3, 0.4) is 0 Å². The summed E-state index contributed by atoms with van der Waals surface area (Å²) in [5.74, 6) is 7.96. The summed E-state index contributed by atoms with van der Waals surface area (Å²) in [5, 5.41) is 0. The molecule has 4 nitrogen and oxygen atoms in total. The summed E-state index contributed by atoms with van der Waals surface area (Å²) >= 11 is 0. The monoisotopic (exact) mass is 200 g/mol. The molecule has 3 N–H and O–H groups in total. The van der Waals surface area contributed by atoms with E-state index in [0.717, 1.165) is 6.42 Å². The fraction of sp³-hybridized carbons (Fsp3) is 0.800. The predicted molar refractivity (Wildman–Crippen MR) is 56.2 cm³/mol. The third kappa shape index (κ3) is 5.20. The maximum atomic E-state index is 5.40. The topological polar surface area (TPSA) is 56.5 Å². The average Bonchev–Trinajstić information content (AvgIpc) is 2.19. The molecule has 4 heteroatoms. The minimum Gasteiger partial charge on any atom is -0.351 e. The summed E-state index contributed by atoms with van der Waals surface area (Å²) < 4.78 is 10.8. The fourth-order valence-corrected chi connectivity index (χ4v) is 1.15. The second-order valence-electron chi connectivity index (χ2n) is 2.80. The molecular formula is C10H20N2O2. The van der Waals surface area contributed by atoms with Gasteiger partial charge in [0.15, 0.2) is 6.29 Å². The Bertz CT molecular complexity index is 162. The van der Waals surface area contributed by atoms with E-state index in [1.54, 1.807) is 0 Å². The van der Waals surface area contributed by atoms with E-state index in [2.05, 4.69) is 11.3 Å². The smallest absolute Gasteiger partial charge is 0.174 e. The zero-order chi connectivity index (χ0) is 10.8. The normalized spacial score (nSPS) is 12.8. The van der Waals surface area contributed by atoms with Crippen molar-refractivity contribution in [3.8, 4) is 12.3 Å². The van der Waals surface area contributed by atoms with Gasteiger partial charge >= 0.3 is 0 Å². The van der Waals surface area contributed by atoms with E-state index < -0.39 is 0 Å². The van der Waals surface area contributed by atoms with Crippen molar-refractivity contribution in [2.45, 2.75) is 39.0 Å². The van der Waals surface area contributed by atoms with Crippen LogP contribution < -0.4 is 11.3 Å². The van der Waals surface area contributed by atoms with Crippen LogP contribution in [0.2, 0.25) is 0 Å². The van der Waals surface area contributed by atoms with Gasteiger partial charge in [-0.15, -0.1) is 12.3 Å². The first-order valence-corrected chi connectivity index (χ1v) is 4.92. The van der Waals surface area contributed by atoms with E-state index in [9.17, 15) is 0 Å². The molecule has 0 rings (SSSR count). The largest absolute Gasteiger partial charge is 0.351 e. The van der Waals surface area contributed by atoms with Crippen molar-refractivity contribution in [2.24, 2.45) is 5.84 Å². The van der Waals surface area contributed by atoms with E-state index in [1.807, 2.05) is 13.8 Å². The average molecular weight is 200 g/mol. The Morgan fingerprint density at radius 1 is 1.36 bits per heavy atom. The van der Waals surface area contributed by atoms with Gasteiger partial charge in [-0.25, -0.2) is 0 Å². The molecule has 0 saturated heterocycles. The molecule has 0 amide bonds. The number of rotatable bonds is 8. The van der Waals surface area contributed by atoms with Gasteiger partial charge in [-0.3, -0.25) is 11.3 Å². The van der Waals surface area contributed by atoms with Gasteiger partial charge in [-0.1, -0.05) is 0 Å². The van der Waals surface area contributed by atoms with E-state index in [4.69, 9.17) is 21.7 Å². The molecule has 0 aromatic rings. The van der Waals surface area contributed by atoms with Crippen LogP contribution in [0.1, 0.15) is 26.7 Å². The van der Waals surface area contributed by atoms with Gasteiger partial charge in [-0.05, 0) is 20.3 Å². The van der Waals surface area contributed by atoms with Gasteiger partial charge < -0.3 is 9.47 Å². The molecule has 0 bridgehead atoms. The van der Waals surface area contributed by atoms with E-state index in [-0.39, 0.29) is 12.3 Å². The number of terminal acetylenes is 1. The molecule has 0 aliphatic heterocycles. The second kappa shape index (κ2) is 8.97. The first-order valence-electron chi connectivity index (χ1n) is 4.92. The maximum absolute atomic E-state index is 5.40. The van der Waals surface area contributed by atoms with E-state index in [0.29, 0.717) is 19.6 Å². The number of nitrogens with one attached hydrogen (secondary N) is 1. The zero-order valence-electron chi connectivity index (χ0n) is 8.95. The molecule has 14 heavy (non-hydrogen) atoms. The summed E-state index contributed by atoms with van der Waals surface area (Å²) in [4.78, 5) is 0. The Morgan fingerprint density at radius 3 is 2.29 bits per heavy atom. The minimum absolute atomic E-state index is 0.0500. The molecule has 0 saturated carbocycles. The van der Waals surface area contributed by atoms with Crippen LogP contribution in [0.15, 0.2) is 0 Å². The lowest BCUT2D eigenvalue weighted by atomic mass is 10.1. The number of hydrogen-bond donors (Lipinski definition) is 2. The first-order chi connectivity index (χ1) is 6.79. The van der Waals surface area contributed by atoms with Gasteiger partial charge in [0.1, 0.15) is 0 Å². The highest BCUT2D eigenvalue weighted by molar-refractivity contribution is 4.86. The van der Waals surface area contributed by atoms with Crippen LogP contribution in [0.5, 0.6) is 0 Å². The third-order valence-electron chi connectivity index (χ3n) is 1.80. The van der Waals surface area contributed by atoms with Crippen LogP contribution in [0, 0.1) is 12.3 Å². The van der Waals surface area contributed by atoms with Crippen molar-refractivity contribution in [1.82, 2.24) is 5.43 Å². The summed E-state index contributed by atoms with van der Waals surface area (Å²) in [6, 6.07) is -0.0500. The highest BCUT2D eigenvalue weighted by Gasteiger charge is 2.20. The summed E-state index contributed by atoms with van der Waals surface area (Å²) in [6.07, 6.45) is 6.27. The molecular weight excluding hydrogens is 180 g/mol. The molecule has 0 aromatic heterocycles. The zero-order valence-corrected chi connectivity index (χ0v) is 8.95. The minimum atomic E-state index is -0.316. The quantitative estimate of drug-likeness (QED) is 0.261. The Labute approximate surface area is 86.1 Å². The standard InChI is InChI=1S/C10H20N2O2/c1-4-7-8-9(12-11)10(13-5-2)14-6-3/h1,9-10,12H,5-8,11H2,2-3H3. The fourth-order valence-electron chi connectivity index (χ4n) is 1.15. The van der Waals surface area contributed by atoms with Crippen LogP contribution in [0.25, 0.3) is 0 Å². The number of ether oxygens (including phenoxy) is 2. The lowest BCUT2D eigenvalue weighted by molar-refractivity contribution is -0.154. The predicted octanol–water partition coefficient (Wildman–Crippen LogP) is 0.631. The van der Waals surface area contributed by atoms with E-state index >= 15 is 0 Å². The van der Waals surface area contributed by atoms with Gasteiger partial charge in [0.05, 0.1) is 6.04 Å². The van der Waals surface area contributed by atoms with Crippen molar-refractivity contribution < 1.29 is 9.47 Å². The SMILES string of the molecule is C#CCCC(NN)C(OCC)OCC. The molecule has 0 spiro atoms. The maximum Gasteiger partial charge on any atom is 0.174 e. The van der Waals surface area contributed by atoms with Crippen LogP contribution in [-0.2, 0) is 9.47 Å². The molecule has 0 fully saturated rings. The molecule has 0 heterocycles. The molecule has 1 atom stereocenters. The lowest BCUT2D eigenvalue weighted by Crippen LogP contribution is -2.46. The van der Waals surface area contributed by atoms with Crippen molar-refractivity contribution in [3.63, 3.8) is 0 Å². The summed E-state index contributed by atoms with van der Waals surface area (Å²) in [6.45, 7) is 5.03. The van der Waals surface area contributed by atoms with Crippen LogP contribution in [0.4, 0.5) is 0 Å². The molecule has 1 unspecified atom stereocenters. The Kier molecular flexibility index (Phi) is 8.59. The Hall–Kier alpha value is -0.600. The number of hydrazine groups is 1. The Balaban J connectivity index is 4.04. The van der Waals surface area contributed by atoms with E-state index in [1.165, 1.54) is 0 Å². The van der Waals surface area contributed by atoms with Crippen molar-refractivity contribution in [1.29, 1.82) is 0 Å². The lowest BCUT2D eigenvalue weighted by Gasteiger charge is -2.25.